The molecular weight excluding hydrogens is 324 g/mol. The Balaban J connectivity index is 1.75. The summed E-state index contributed by atoms with van der Waals surface area (Å²) in [6.45, 7) is 0.862. The summed E-state index contributed by atoms with van der Waals surface area (Å²) in [4.78, 5) is 15.9. The third-order valence-electron chi connectivity index (χ3n) is 3.64. The number of aryl methyl sites for hydroxylation is 1. The molecule has 0 atom stereocenters. The van der Waals surface area contributed by atoms with Crippen molar-refractivity contribution in [2.75, 3.05) is 0 Å². The van der Waals surface area contributed by atoms with Crippen molar-refractivity contribution in [1.82, 2.24) is 24.1 Å². The fraction of sp³-hybridized carbons (Fsp3) is 0.417. The van der Waals surface area contributed by atoms with Crippen LogP contribution in [0.15, 0.2) is 21.8 Å². The molecule has 114 valence electrons. The average Bonchev–Trinajstić information content (AvgIpc) is 3.10. The summed E-state index contributed by atoms with van der Waals surface area (Å²) in [5.74, 6) is 0.955. The van der Waals surface area contributed by atoms with Gasteiger partial charge in [0.05, 0.1) is 0 Å². The second-order valence-corrected chi connectivity index (χ2v) is 6.85. The van der Waals surface area contributed by atoms with Crippen molar-refractivity contribution in [3.63, 3.8) is 0 Å². The van der Waals surface area contributed by atoms with E-state index in [1.807, 2.05) is 0 Å². The summed E-state index contributed by atoms with van der Waals surface area (Å²) in [7, 11) is 0. The Bertz CT molecular complexity index is 851. The molecule has 4 rings (SSSR count). The summed E-state index contributed by atoms with van der Waals surface area (Å²) in [6, 6.07) is 0. The highest BCUT2D eigenvalue weighted by molar-refractivity contribution is 7.99. The third-order valence-corrected chi connectivity index (χ3v) is 5.35. The zero-order valence-electron chi connectivity index (χ0n) is 11.5. The summed E-state index contributed by atoms with van der Waals surface area (Å²) < 4.78 is 3.57. The first kappa shape index (κ1) is 13.7. The molecule has 0 saturated carbocycles. The van der Waals surface area contributed by atoms with Crippen molar-refractivity contribution in [1.29, 1.82) is 0 Å². The van der Waals surface area contributed by atoms with Gasteiger partial charge in [-0.05, 0) is 29.5 Å². The van der Waals surface area contributed by atoms with E-state index in [9.17, 15) is 10.1 Å². The van der Waals surface area contributed by atoms with Crippen LogP contribution in [0.2, 0.25) is 0 Å². The van der Waals surface area contributed by atoms with Crippen LogP contribution < -0.4 is 0 Å². The normalized spacial score (nSPS) is 14.9. The summed E-state index contributed by atoms with van der Waals surface area (Å²) in [6.07, 6.45) is 5.95. The van der Waals surface area contributed by atoms with E-state index in [1.165, 1.54) is 33.9 Å². The molecule has 0 amide bonds. The fourth-order valence-electron chi connectivity index (χ4n) is 2.61. The molecule has 0 aromatic carbocycles. The lowest BCUT2D eigenvalue weighted by molar-refractivity contribution is -0.393. The number of imidazole rings is 1. The predicted octanol–water partition coefficient (Wildman–Crippen LogP) is 2.77. The Morgan fingerprint density at radius 2 is 2.23 bits per heavy atom. The maximum Gasteiger partial charge on any atom is 0.363 e. The number of thiazole rings is 1. The minimum absolute atomic E-state index is 0.00720. The molecule has 22 heavy (non-hydrogen) atoms. The number of hydrogen-bond acceptors (Lipinski definition) is 7. The van der Waals surface area contributed by atoms with Gasteiger partial charge in [-0.3, -0.25) is 0 Å². The largest absolute Gasteiger partial charge is 0.363 e. The van der Waals surface area contributed by atoms with Gasteiger partial charge in [-0.1, -0.05) is 17.8 Å². The van der Waals surface area contributed by atoms with Crippen LogP contribution in [0.25, 0.3) is 4.96 Å². The quantitative estimate of drug-likeness (QED) is 0.539. The van der Waals surface area contributed by atoms with Crippen LogP contribution in [-0.4, -0.2) is 29.1 Å². The molecule has 8 nitrogen and oxygen atoms in total. The van der Waals surface area contributed by atoms with Gasteiger partial charge < -0.3 is 14.7 Å². The van der Waals surface area contributed by atoms with Crippen LogP contribution in [-0.2, 0) is 13.0 Å². The zero-order valence-corrected chi connectivity index (χ0v) is 13.1. The van der Waals surface area contributed by atoms with Gasteiger partial charge >= 0.3 is 5.82 Å². The van der Waals surface area contributed by atoms with E-state index in [0.29, 0.717) is 15.1 Å². The number of nitrogens with zero attached hydrogens (tertiary/aromatic N) is 6. The molecule has 3 aromatic rings. The summed E-state index contributed by atoms with van der Waals surface area (Å²) in [5, 5.41) is 22.6. The Morgan fingerprint density at radius 1 is 1.32 bits per heavy atom. The maximum atomic E-state index is 11.4. The summed E-state index contributed by atoms with van der Waals surface area (Å²) in [5.41, 5.74) is 0. The second-order valence-electron chi connectivity index (χ2n) is 5.02. The van der Waals surface area contributed by atoms with E-state index in [0.717, 1.165) is 31.6 Å². The highest BCUT2D eigenvalue weighted by Crippen LogP contribution is 2.36. The Hall–Kier alpha value is -1.94. The van der Waals surface area contributed by atoms with Gasteiger partial charge in [-0.15, -0.1) is 10.2 Å². The van der Waals surface area contributed by atoms with Crippen molar-refractivity contribution in [2.24, 2.45) is 0 Å². The molecule has 0 unspecified atom stereocenters. The fourth-order valence-corrected chi connectivity index (χ4v) is 4.33. The van der Waals surface area contributed by atoms with Crippen LogP contribution in [0.3, 0.4) is 0 Å². The molecule has 1 aliphatic heterocycles. The summed E-state index contributed by atoms with van der Waals surface area (Å²) >= 11 is 2.60. The SMILES string of the molecule is O=[N+]([O-])c1c(Sc2nnc3n2CCCCC3)nc2sccn12. The number of fused-ring (bicyclic) bond motifs is 2. The van der Waals surface area contributed by atoms with Crippen LogP contribution in [0, 0.1) is 10.1 Å². The number of rotatable bonds is 3. The standard InChI is InChI=1S/C12H12N6O2S2/c19-18(20)10-9(13-11-17(10)6-7-21-11)22-12-15-14-8-4-2-1-3-5-16(8)12/h6-7H,1-5H2. The van der Waals surface area contributed by atoms with Crippen LogP contribution in [0.1, 0.15) is 25.1 Å². The van der Waals surface area contributed by atoms with Gasteiger partial charge in [0.1, 0.15) is 12.0 Å². The molecule has 0 N–H and O–H groups in total. The molecule has 0 aliphatic carbocycles. The topological polar surface area (TPSA) is 91.1 Å². The molecular formula is C12H12N6O2S2. The smallest absolute Gasteiger partial charge is 0.358 e. The molecule has 0 spiro atoms. The van der Waals surface area contributed by atoms with E-state index in [-0.39, 0.29) is 5.82 Å². The highest BCUT2D eigenvalue weighted by atomic mass is 32.2. The maximum absolute atomic E-state index is 11.4. The van der Waals surface area contributed by atoms with E-state index < -0.39 is 4.92 Å². The number of hydrogen-bond donors (Lipinski definition) is 0. The Kier molecular flexibility index (Phi) is 3.34. The zero-order chi connectivity index (χ0) is 15.1. The molecule has 0 saturated heterocycles. The molecule has 10 heteroatoms. The predicted molar refractivity (Wildman–Crippen MR) is 81.4 cm³/mol. The first-order valence-corrected chi connectivity index (χ1v) is 8.63. The lowest BCUT2D eigenvalue weighted by atomic mass is 10.2. The molecule has 3 aromatic heterocycles. The first-order valence-electron chi connectivity index (χ1n) is 6.94. The molecule has 0 radical (unpaired) electrons. The minimum Gasteiger partial charge on any atom is -0.358 e. The van der Waals surface area contributed by atoms with Crippen LogP contribution >= 0.6 is 23.1 Å². The first-order chi connectivity index (χ1) is 10.7. The molecule has 1 aliphatic rings. The Labute approximate surface area is 133 Å². The van der Waals surface area contributed by atoms with Gasteiger partial charge in [0, 0.05) is 18.3 Å². The van der Waals surface area contributed by atoms with E-state index in [2.05, 4.69) is 19.7 Å². The monoisotopic (exact) mass is 336 g/mol. The second kappa shape index (κ2) is 5.36. The van der Waals surface area contributed by atoms with Gasteiger partial charge in [0.15, 0.2) is 5.16 Å². The number of aromatic nitrogens is 5. The van der Waals surface area contributed by atoms with E-state index in [4.69, 9.17) is 0 Å². The van der Waals surface area contributed by atoms with Gasteiger partial charge in [0.25, 0.3) is 4.96 Å². The van der Waals surface area contributed by atoms with Crippen molar-refractivity contribution in [2.45, 2.75) is 42.4 Å². The highest BCUT2D eigenvalue weighted by Gasteiger charge is 2.27. The van der Waals surface area contributed by atoms with Crippen molar-refractivity contribution in [3.8, 4) is 0 Å². The van der Waals surface area contributed by atoms with Gasteiger partial charge in [-0.25, -0.2) is 0 Å². The molecule has 0 fully saturated rings. The minimum atomic E-state index is -0.394. The van der Waals surface area contributed by atoms with Crippen molar-refractivity contribution < 1.29 is 4.92 Å². The van der Waals surface area contributed by atoms with E-state index >= 15 is 0 Å². The van der Waals surface area contributed by atoms with Crippen molar-refractivity contribution in [3.05, 3.63) is 27.5 Å². The van der Waals surface area contributed by atoms with Crippen LogP contribution in [0.5, 0.6) is 0 Å². The number of nitro groups is 1. The van der Waals surface area contributed by atoms with Crippen LogP contribution in [0.4, 0.5) is 5.82 Å². The average molecular weight is 336 g/mol. The van der Waals surface area contributed by atoms with Crippen molar-refractivity contribution >= 4 is 33.9 Å². The van der Waals surface area contributed by atoms with Gasteiger partial charge in [-0.2, -0.15) is 9.38 Å². The molecule has 0 bridgehead atoms. The third kappa shape index (κ3) is 2.18. The Morgan fingerprint density at radius 3 is 3.09 bits per heavy atom. The lowest BCUT2D eigenvalue weighted by Gasteiger charge is -2.04. The lowest BCUT2D eigenvalue weighted by Crippen LogP contribution is -2.02. The van der Waals surface area contributed by atoms with Gasteiger partial charge in [0.2, 0.25) is 5.03 Å². The molecule has 4 heterocycles. The van der Waals surface area contributed by atoms with E-state index in [1.54, 1.807) is 11.6 Å².